The van der Waals surface area contributed by atoms with Crippen LogP contribution in [0.25, 0.3) is 0 Å². The van der Waals surface area contributed by atoms with Gasteiger partial charge in [-0.05, 0) is 50.6 Å². The van der Waals surface area contributed by atoms with Crippen LogP contribution in [0.2, 0.25) is 0 Å². The summed E-state index contributed by atoms with van der Waals surface area (Å²) in [6.45, 7) is 6.71. The minimum atomic E-state index is -0.790. The number of hydrogen-bond donors (Lipinski definition) is 3. The maximum atomic E-state index is 12.9. The van der Waals surface area contributed by atoms with Gasteiger partial charge in [-0.3, -0.25) is 4.99 Å². The van der Waals surface area contributed by atoms with Crippen LogP contribution in [0.4, 0.5) is 4.39 Å². The molecule has 2 rings (SSSR count). The molecule has 1 aromatic heterocycles. The summed E-state index contributed by atoms with van der Waals surface area (Å²) in [4.78, 5) is 4.39. The van der Waals surface area contributed by atoms with Gasteiger partial charge in [0.05, 0.1) is 18.7 Å². The molecule has 0 radical (unpaired) electrons. The molecule has 0 aliphatic heterocycles. The Balaban J connectivity index is 0.00000312. The number of hydrogen-bond acceptors (Lipinski definition) is 3. The molecule has 25 heavy (non-hydrogen) atoms. The van der Waals surface area contributed by atoms with E-state index < -0.39 is 6.10 Å². The summed E-state index contributed by atoms with van der Waals surface area (Å²) >= 11 is 0. The van der Waals surface area contributed by atoms with E-state index in [1.54, 1.807) is 12.1 Å². The van der Waals surface area contributed by atoms with E-state index in [4.69, 9.17) is 4.42 Å². The lowest BCUT2D eigenvalue weighted by atomic mass is 10.1. The van der Waals surface area contributed by atoms with E-state index in [9.17, 15) is 9.50 Å². The van der Waals surface area contributed by atoms with Crippen LogP contribution in [0, 0.1) is 12.7 Å². The predicted octanol–water partition coefficient (Wildman–Crippen LogP) is 3.69. The summed E-state index contributed by atoms with van der Waals surface area (Å²) in [5, 5.41) is 16.5. The molecule has 0 amide bonds. The molecular formula is C18H25FIN3O2. The fraction of sp³-hybridized carbons (Fsp3) is 0.389. The third-order valence-corrected chi connectivity index (χ3v) is 3.56. The molecule has 2 aromatic rings. The molecular weight excluding hydrogens is 436 g/mol. The number of nitrogens with one attached hydrogen (secondary N) is 2. The first-order valence-corrected chi connectivity index (χ1v) is 8.04. The Morgan fingerprint density at radius 3 is 2.48 bits per heavy atom. The van der Waals surface area contributed by atoms with Gasteiger partial charge in [-0.15, -0.1) is 24.0 Å². The van der Waals surface area contributed by atoms with Crippen molar-refractivity contribution >= 4 is 29.9 Å². The van der Waals surface area contributed by atoms with E-state index in [-0.39, 0.29) is 42.4 Å². The molecule has 0 spiro atoms. The largest absolute Gasteiger partial charge is 0.464 e. The first-order valence-electron chi connectivity index (χ1n) is 8.04. The fourth-order valence-electron chi connectivity index (χ4n) is 2.25. The highest BCUT2D eigenvalue weighted by molar-refractivity contribution is 14.0. The summed E-state index contributed by atoms with van der Waals surface area (Å²) < 4.78 is 18.5. The van der Waals surface area contributed by atoms with Crippen LogP contribution >= 0.6 is 24.0 Å². The van der Waals surface area contributed by atoms with E-state index in [0.29, 0.717) is 18.1 Å². The Kier molecular flexibility index (Phi) is 8.91. The zero-order chi connectivity index (χ0) is 17.5. The molecule has 7 heteroatoms. The SMILES string of the molecule is CCNC(=NCC(O)c1ccc(F)cc1)NC(C)c1ccc(C)o1.I. The topological polar surface area (TPSA) is 69.8 Å². The highest BCUT2D eigenvalue weighted by atomic mass is 127. The van der Waals surface area contributed by atoms with E-state index in [1.807, 2.05) is 32.9 Å². The van der Waals surface area contributed by atoms with Gasteiger partial charge in [0.2, 0.25) is 0 Å². The van der Waals surface area contributed by atoms with Crippen LogP contribution < -0.4 is 10.6 Å². The van der Waals surface area contributed by atoms with Crippen molar-refractivity contribution in [2.75, 3.05) is 13.1 Å². The van der Waals surface area contributed by atoms with Crippen LogP contribution in [-0.2, 0) is 0 Å². The molecule has 0 saturated heterocycles. The number of aliphatic hydroxyl groups is 1. The van der Waals surface area contributed by atoms with Gasteiger partial charge in [-0.25, -0.2) is 4.39 Å². The summed E-state index contributed by atoms with van der Waals surface area (Å²) in [5.74, 6) is 1.93. The summed E-state index contributed by atoms with van der Waals surface area (Å²) in [5.41, 5.74) is 0.630. The maximum absolute atomic E-state index is 12.9. The molecule has 2 atom stereocenters. The third kappa shape index (κ3) is 6.66. The Bertz CT molecular complexity index is 673. The van der Waals surface area contributed by atoms with Gasteiger partial charge in [-0.1, -0.05) is 12.1 Å². The van der Waals surface area contributed by atoms with Crippen molar-refractivity contribution in [1.29, 1.82) is 0 Å². The van der Waals surface area contributed by atoms with Crippen molar-refractivity contribution in [2.45, 2.75) is 32.9 Å². The van der Waals surface area contributed by atoms with Gasteiger partial charge in [0.15, 0.2) is 5.96 Å². The zero-order valence-corrected chi connectivity index (χ0v) is 17.0. The number of aliphatic imine (C=N–C) groups is 1. The molecule has 0 saturated carbocycles. The number of benzene rings is 1. The minimum Gasteiger partial charge on any atom is -0.464 e. The Hall–Kier alpha value is -1.61. The molecule has 1 aromatic carbocycles. The average Bonchev–Trinajstić information content (AvgIpc) is 3.00. The van der Waals surface area contributed by atoms with Crippen LogP contribution in [-0.4, -0.2) is 24.2 Å². The standard InChI is InChI=1S/C18H24FN3O2.HI/c1-4-20-18(22-13(3)17-10-5-12(2)24-17)21-11-16(23)14-6-8-15(19)9-7-14;/h5-10,13,16,23H,4,11H2,1-3H3,(H2,20,21,22);1H. The predicted molar refractivity (Wildman–Crippen MR) is 108 cm³/mol. The van der Waals surface area contributed by atoms with E-state index in [0.717, 1.165) is 11.5 Å². The highest BCUT2D eigenvalue weighted by Gasteiger charge is 2.12. The average molecular weight is 461 g/mol. The van der Waals surface area contributed by atoms with E-state index in [1.165, 1.54) is 12.1 Å². The number of aliphatic hydroxyl groups excluding tert-OH is 1. The van der Waals surface area contributed by atoms with Gasteiger partial charge in [0, 0.05) is 6.54 Å². The summed E-state index contributed by atoms with van der Waals surface area (Å²) in [6, 6.07) is 9.55. The number of halogens is 2. The lowest BCUT2D eigenvalue weighted by Crippen LogP contribution is -2.39. The van der Waals surface area contributed by atoms with Crippen molar-refractivity contribution < 1.29 is 13.9 Å². The monoisotopic (exact) mass is 461 g/mol. The second-order valence-electron chi connectivity index (χ2n) is 5.60. The van der Waals surface area contributed by atoms with Crippen LogP contribution in [0.5, 0.6) is 0 Å². The number of guanidine groups is 1. The third-order valence-electron chi connectivity index (χ3n) is 3.56. The zero-order valence-electron chi connectivity index (χ0n) is 14.6. The molecule has 0 fully saturated rings. The van der Waals surface area contributed by atoms with Crippen LogP contribution in [0.1, 0.15) is 43.1 Å². The highest BCUT2D eigenvalue weighted by Crippen LogP contribution is 2.16. The Labute approximate surface area is 164 Å². The molecule has 0 bridgehead atoms. The van der Waals surface area contributed by atoms with Crippen molar-refractivity contribution in [3.05, 3.63) is 59.3 Å². The van der Waals surface area contributed by atoms with Gasteiger partial charge >= 0.3 is 0 Å². The smallest absolute Gasteiger partial charge is 0.191 e. The molecule has 5 nitrogen and oxygen atoms in total. The quantitative estimate of drug-likeness (QED) is 0.349. The summed E-state index contributed by atoms with van der Waals surface area (Å²) in [6.07, 6.45) is -0.790. The van der Waals surface area contributed by atoms with Crippen molar-refractivity contribution in [3.63, 3.8) is 0 Å². The molecule has 138 valence electrons. The second-order valence-corrected chi connectivity index (χ2v) is 5.60. The van der Waals surface area contributed by atoms with Gasteiger partial charge < -0.3 is 20.2 Å². The van der Waals surface area contributed by atoms with E-state index >= 15 is 0 Å². The molecule has 0 aliphatic rings. The van der Waals surface area contributed by atoms with Gasteiger partial charge in [-0.2, -0.15) is 0 Å². The summed E-state index contributed by atoms with van der Waals surface area (Å²) in [7, 11) is 0. The van der Waals surface area contributed by atoms with Gasteiger partial charge in [0.25, 0.3) is 0 Å². The lowest BCUT2D eigenvalue weighted by molar-refractivity contribution is 0.187. The molecule has 2 unspecified atom stereocenters. The first kappa shape index (κ1) is 21.4. The van der Waals surface area contributed by atoms with Crippen LogP contribution in [0.3, 0.4) is 0 Å². The fourth-order valence-corrected chi connectivity index (χ4v) is 2.25. The van der Waals surface area contributed by atoms with Crippen molar-refractivity contribution in [1.82, 2.24) is 10.6 Å². The molecule has 1 heterocycles. The van der Waals surface area contributed by atoms with E-state index in [2.05, 4.69) is 15.6 Å². The van der Waals surface area contributed by atoms with Crippen molar-refractivity contribution in [3.8, 4) is 0 Å². The second kappa shape index (κ2) is 10.4. The van der Waals surface area contributed by atoms with Gasteiger partial charge in [0.1, 0.15) is 17.3 Å². The van der Waals surface area contributed by atoms with Crippen molar-refractivity contribution in [2.24, 2.45) is 4.99 Å². The molecule has 0 aliphatic carbocycles. The minimum absolute atomic E-state index is 0. The lowest BCUT2D eigenvalue weighted by Gasteiger charge is -2.17. The van der Waals surface area contributed by atoms with Crippen LogP contribution in [0.15, 0.2) is 45.8 Å². The normalized spacial score (nSPS) is 13.7. The Morgan fingerprint density at radius 2 is 1.92 bits per heavy atom. The number of nitrogens with zero attached hydrogens (tertiary/aromatic N) is 1. The number of aryl methyl sites for hydroxylation is 1. The number of rotatable bonds is 6. The number of furan rings is 1. The Morgan fingerprint density at radius 1 is 1.24 bits per heavy atom. The maximum Gasteiger partial charge on any atom is 0.191 e. The molecule has 3 N–H and O–H groups in total. The first-order chi connectivity index (χ1) is 11.5.